The van der Waals surface area contributed by atoms with Crippen LogP contribution in [0.25, 0.3) is 6.08 Å². The maximum Gasteiger partial charge on any atom is 0.172 e. The Morgan fingerprint density at radius 3 is 1.72 bits per heavy atom. The first-order valence-electron chi connectivity index (χ1n) is 10.8. The van der Waals surface area contributed by atoms with Gasteiger partial charge in [-0.2, -0.15) is 0 Å². The number of hydrogen-bond acceptors (Lipinski definition) is 0. The Balaban J connectivity index is 1.97. The normalized spacial score (nSPS) is 21.3. The molecule has 2 fully saturated rings. The van der Waals surface area contributed by atoms with Gasteiger partial charge in [-0.1, -0.05) is 132 Å². The second-order valence-corrected chi connectivity index (χ2v) is 14.7. The van der Waals surface area contributed by atoms with E-state index >= 15 is 0 Å². The molecule has 136 valence electrons. The highest BCUT2D eigenvalue weighted by Crippen LogP contribution is 2.46. The Morgan fingerprint density at radius 2 is 1.28 bits per heavy atom. The Hall–Kier alpha value is -0.758. The second-order valence-electron chi connectivity index (χ2n) is 9.58. The number of rotatable bonds is 5. The maximum absolute atomic E-state index is 2.63. The van der Waals surface area contributed by atoms with E-state index in [2.05, 4.69) is 56.0 Å². The molecule has 0 radical (unpaired) electrons. The fourth-order valence-electron chi connectivity index (χ4n) is 5.42. The molecule has 0 amide bonds. The summed E-state index contributed by atoms with van der Waals surface area (Å²) < 4.78 is 0. The van der Waals surface area contributed by atoms with Gasteiger partial charge in [0.2, 0.25) is 0 Å². The van der Waals surface area contributed by atoms with Gasteiger partial charge < -0.3 is 0 Å². The third kappa shape index (κ3) is 5.12. The molecule has 0 heterocycles. The van der Waals surface area contributed by atoms with Gasteiger partial charge in [-0.25, -0.2) is 0 Å². The third-order valence-corrected chi connectivity index (χ3v) is 8.87. The van der Waals surface area contributed by atoms with E-state index in [-0.39, 0.29) is 0 Å². The van der Waals surface area contributed by atoms with Crippen LogP contribution >= 0.6 is 0 Å². The van der Waals surface area contributed by atoms with Gasteiger partial charge in [0, 0.05) is 0 Å². The van der Waals surface area contributed by atoms with Crippen molar-refractivity contribution in [2.45, 2.75) is 95.5 Å². The summed E-state index contributed by atoms with van der Waals surface area (Å²) in [4.78, 5) is 0. The average Bonchev–Trinajstić information content (AvgIpc) is 2.63. The van der Waals surface area contributed by atoms with Gasteiger partial charge >= 0.3 is 0 Å². The molecule has 0 N–H and O–H groups in total. The summed E-state index contributed by atoms with van der Waals surface area (Å²) in [6.45, 7) is 8.62. The molecule has 0 spiro atoms. The molecule has 2 aliphatic carbocycles. The first-order chi connectivity index (χ1) is 12.1. The summed E-state index contributed by atoms with van der Waals surface area (Å²) >= 11 is 0. The van der Waals surface area contributed by atoms with Crippen molar-refractivity contribution in [1.29, 1.82) is 0 Å². The Bertz CT molecular complexity index is 527. The largest absolute Gasteiger partial charge is 0.172 e. The van der Waals surface area contributed by atoms with E-state index in [0.29, 0.717) is 0 Å². The number of benzene rings is 1. The highest BCUT2D eigenvalue weighted by molar-refractivity contribution is 6.99. The molecule has 2 saturated carbocycles. The van der Waals surface area contributed by atoms with Crippen molar-refractivity contribution in [2.24, 2.45) is 0 Å². The summed E-state index contributed by atoms with van der Waals surface area (Å²) in [6, 6.07) is 11.1. The van der Waals surface area contributed by atoms with Crippen LogP contribution < -0.4 is 0 Å². The predicted molar refractivity (Wildman–Crippen MR) is 117 cm³/mol. The summed E-state index contributed by atoms with van der Waals surface area (Å²) in [7, 11) is -1.34. The zero-order valence-electron chi connectivity index (χ0n) is 16.8. The van der Waals surface area contributed by atoms with Gasteiger partial charge in [-0.15, -0.1) is 5.10 Å². The van der Waals surface area contributed by atoms with E-state index in [0.717, 1.165) is 18.3 Å². The third-order valence-electron chi connectivity index (χ3n) is 6.66. The average molecular weight is 352 g/mol. The number of hydrogen-bond donors (Lipinski definition) is 0. The zero-order valence-corrected chi connectivity index (χ0v) is 17.8. The monoisotopic (exact) mass is 352 g/mol. The minimum absolute atomic E-state index is 0.868. The molecule has 25 heavy (non-hydrogen) atoms. The molecule has 1 aromatic rings. The van der Waals surface area contributed by atoms with E-state index in [4.69, 9.17) is 0 Å². The minimum Gasteiger partial charge on any atom is -0.109 e. The molecule has 0 unspecified atom stereocenters. The van der Waals surface area contributed by atoms with Crippen LogP contribution in [-0.2, 0) is 0 Å². The summed E-state index contributed by atoms with van der Waals surface area (Å²) in [5, 5.41) is 1.87. The molecule has 3 rings (SSSR count). The lowest BCUT2D eigenvalue weighted by Gasteiger charge is -2.40. The van der Waals surface area contributed by atoms with Crippen LogP contribution in [0.5, 0.6) is 0 Å². The Morgan fingerprint density at radius 1 is 0.800 bits per heavy atom. The quantitative estimate of drug-likeness (QED) is 0.477. The van der Waals surface area contributed by atoms with Crippen molar-refractivity contribution in [1.82, 2.24) is 0 Å². The van der Waals surface area contributed by atoms with Gasteiger partial charge in [0.1, 0.15) is 0 Å². The van der Waals surface area contributed by atoms with Gasteiger partial charge in [-0.3, -0.25) is 0 Å². The second kappa shape index (κ2) is 8.75. The summed E-state index contributed by atoms with van der Waals surface area (Å²) in [5.74, 6) is 1.91. The molecule has 1 aromatic carbocycles. The van der Waals surface area contributed by atoms with Crippen LogP contribution in [-0.4, -0.2) is 14.8 Å². The SMILES string of the molecule is C[Si](C)(C)/C(=C\c1ccccc1)B(C1CCCCC1)C1CCCCC1. The van der Waals surface area contributed by atoms with Crippen molar-refractivity contribution in [3.05, 3.63) is 41.0 Å². The van der Waals surface area contributed by atoms with E-state index in [1.807, 2.05) is 5.10 Å². The zero-order chi connectivity index (χ0) is 17.7. The smallest absolute Gasteiger partial charge is 0.109 e. The van der Waals surface area contributed by atoms with Crippen molar-refractivity contribution >= 4 is 20.9 Å². The highest BCUT2D eigenvalue weighted by atomic mass is 28.3. The predicted octanol–water partition coefficient (Wildman–Crippen LogP) is 7.65. The molecule has 0 bridgehead atoms. The molecule has 0 aromatic heterocycles. The van der Waals surface area contributed by atoms with Gasteiger partial charge in [0.15, 0.2) is 6.71 Å². The molecule has 0 aliphatic heterocycles. The standard InChI is InChI=1S/C23H37BSi/c1-25(2,3)23(19-20-13-7-4-8-14-20)24(21-15-9-5-10-16-21)22-17-11-6-12-18-22/h4,7-8,13-14,19,21-22H,5-6,9-12,15-18H2,1-3H3/b23-19-. The van der Waals surface area contributed by atoms with Crippen LogP contribution in [0.15, 0.2) is 35.4 Å². The lowest BCUT2D eigenvalue weighted by atomic mass is 9.30. The van der Waals surface area contributed by atoms with Gasteiger partial charge in [-0.05, 0) is 5.56 Å². The van der Waals surface area contributed by atoms with Gasteiger partial charge in [0.05, 0.1) is 8.07 Å². The Labute approximate surface area is 157 Å². The van der Waals surface area contributed by atoms with Crippen molar-refractivity contribution in [2.75, 3.05) is 0 Å². The van der Waals surface area contributed by atoms with E-state index < -0.39 is 8.07 Å². The van der Waals surface area contributed by atoms with E-state index in [9.17, 15) is 0 Å². The molecule has 0 saturated heterocycles. The van der Waals surface area contributed by atoms with Gasteiger partial charge in [0.25, 0.3) is 0 Å². The summed E-state index contributed by atoms with van der Waals surface area (Å²) in [5.41, 5.74) is 1.43. The minimum atomic E-state index is -1.34. The van der Waals surface area contributed by atoms with E-state index in [1.54, 1.807) is 0 Å². The molecule has 0 nitrogen and oxygen atoms in total. The highest BCUT2D eigenvalue weighted by Gasteiger charge is 2.40. The summed E-state index contributed by atoms with van der Waals surface area (Å²) in [6.07, 6.45) is 17.4. The van der Waals surface area contributed by atoms with E-state index in [1.165, 1.54) is 69.8 Å². The fraction of sp³-hybridized carbons (Fsp3) is 0.652. The first kappa shape index (κ1) is 19.0. The fourth-order valence-corrected chi connectivity index (χ4v) is 7.49. The van der Waals surface area contributed by atoms with Crippen molar-refractivity contribution in [3.63, 3.8) is 0 Å². The van der Waals surface area contributed by atoms with Crippen molar-refractivity contribution < 1.29 is 0 Å². The van der Waals surface area contributed by atoms with Crippen LogP contribution in [0.3, 0.4) is 0 Å². The van der Waals surface area contributed by atoms with Crippen molar-refractivity contribution in [3.8, 4) is 0 Å². The van der Waals surface area contributed by atoms with Crippen LogP contribution in [0, 0.1) is 0 Å². The molecular weight excluding hydrogens is 315 g/mol. The lowest BCUT2D eigenvalue weighted by molar-refractivity contribution is 0.464. The Kier molecular flexibility index (Phi) is 6.66. The molecular formula is C23H37BSi. The maximum atomic E-state index is 2.63. The first-order valence-corrected chi connectivity index (χ1v) is 14.3. The lowest BCUT2D eigenvalue weighted by Crippen LogP contribution is -2.42. The van der Waals surface area contributed by atoms with Crippen LogP contribution in [0.1, 0.15) is 69.8 Å². The van der Waals surface area contributed by atoms with Crippen LogP contribution in [0.2, 0.25) is 31.3 Å². The topological polar surface area (TPSA) is 0 Å². The molecule has 2 heteroatoms. The van der Waals surface area contributed by atoms with Crippen LogP contribution in [0.4, 0.5) is 0 Å². The molecule has 0 atom stereocenters. The molecule has 2 aliphatic rings.